The first-order valence-corrected chi connectivity index (χ1v) is 10.0. The molecule has 0 unspecified atom stereocenters. The van der Waals surface area contributed by atoms with Crippen molar-refractivity contribution in [1.82, 2.24) is 4.98 Å². The maximum atomic E-state index is 12.1. The van der Waals surface area contributed by atoms with Crippen molar-refractivity contribution in [1.29, 1.82) is 0 Å². The second kappa shape index (κ2) is 8.23. The lowest BCUT2D eigenvalue weighted by Gasteiger charge is -2.05. The van der Waals surface area contributed by atoms with Crippen LogP contribution >= 0.6 is 46.3 Å². The van der Waals surface area contributed by atoms with Crippen molar-refractivity contribution >= 4 is 57.9 Å². The summed E-state index contributed by atoms with van der Waals surface area (Å²) in [4.78, 5) is 16.6. The number of aryl methyl sites for hydroxylation is 1. The van der Waals surface area contributed by atoms with Gasteiger partial charge in [0.15, 0.2) is 4.34 Å². The van der Waals surface area contributed by atoms with Crippen LogP contribution in [0.1, 0.15) is 5.56 Å². The summed E-state index contributed by atoms with van der Waals surface area (Å²) in [7, 11) is 0. The minimum atomic E-state index is -0.115. The predicted octanol–water partition coefficient (Wildman–Crippen LogP) is 6.16. The highest BCUT2D eigenvalue weighted by atomic mass is 35.5. The number of nitrogens with one attached hydrogen (secondary N) is 1. The first-order valence-electron chi connectivity index (χ1n) is 7.41. The number of halogens is 2. The SMILES string of the molecule is Cc1ccc(-c2csc(SCC(=O)Nc3ccc(Cl)c(Cl)c3)n2)cc1. The second-order valence-electron chi connectivity index (χ2n) is 5.33. The van der Waals surface area contributed by atoms with E-state index in [-0.39, 0.29) is 11.7 Å². The Hall–Kier alpha value is -1.53. The molecule has 1 heterocycles. The molecule has 3 aromatic rings. The number of anilines is 1. The van der Waals surface area contributed by atoms with Crippen molar-refractivity contribution in [3.05, 3.63) is 63.5 Å². The van der Waals surface area contributed by atoms with Gasteiger partial charge in [-0.25, -0.2) is 4.98 Å². The predicted molar refractivity (Wildman–Crippen MR) is 108 cm³/mol. The van der Waals surface area contributed by atoms with Crippen molar-refractivity contribution in [2.45, 2.75) is 11.3 Å². The molecule has 0 aliphatic heterocycles. The van der Waals surface area contributed by atoms with Crippen molar-refractivity contribution in [2.24, 2.45) is 0 Å². The van der Waals surface area contributed by atoms with Crippen LogP contribution in [-0.4, -0.2) is 16.6 Å². The molecular formula is C18H14Cl2N2OS2. The largest absolute Gasteiger partial charge is 0.325 e. The average Bonchev–Trinajstić information content (AvgIpc) is 3.06. The Kier molecular flexibility index (Phi) is 6.02. The van der Waals surface area contributed by atoms with Crippen LogP contribution < -0.4 is 5.32 Å². The third-order valence-electron chi connectivity index (χ3n) is 3.36. The molecule has 3 nitrogen and oxygen atoms in total. The van der Waals surface area contributed by atoms with Gasteiger partial charge in [-0.05, 0) is 25.1 Å². The molecule has 1 amide bonds. The van der Waals surface area contributed by atoms with Gasteiger partial charge in [0.2, 0.25) is 5.91 Å². The number of thioether (sulfide) groups is 1. The maximum absolute atomic E-state index is 12.1. The summed E-state index contributed by atoms with van der Waals surface area (Å²) in [5, 5.41) is 5.67. The lowest BCUT2D eigenvalue weighted by molar-refractivity contribution is -0.113. The standard InChI is InChI=1S/C18H14Cl2N2OS2/c1-11-2-4-12(5-3-11)16-9-24-18(22-16)25-10-17(23)21-13-6-7-14(19)15(20)8-13/h2-9H,10H2,1H3,(H,21,23). The van der Waals surface area contributed by atoms with E-state index in [0.29, 0.717) is 15.7 Å². The van der Waals surface area contributed by atoms with Gasteiger partial charge >= 0.3 is 0 Å². The summed E-state index contributed by atoms with van der Waals surface area (Å²) in [5.41, 5.74) is 3.85. The van der Waals surface area contributed by atoms with Gasteiger partial charge in [-0.1, -0.05) is 64.8 Å². The van der Waals surface area contributed by atoms with Crippen LogP contribution in [0.15, 0.2) is 52.2 Å². The number of amides is 1. The highest BCUT2D eigenvalue weighted by molar-refractivity contribution is 8.01. The van der Waals surface area contributed by atoms with Crippen molar-refractivity contribution in [3.63, 3.8) is 0 Å². The Morgan fingerprint density at radius 3 is 2.64 bits per heavy atom. The molecule has 0 bridgehead atoms. The summed E-state index contributed by atoms with van der Waals surface area (Å²) < 4.78 is 0.861. The molecule has 0 saturated heterocycles. The molecule has 2 aromatic carbocycles. The van der Waals surface area contributed by atoms with Crippen LogP contribution in [0.5, 0.6) is 0 Å². The molecular weight excluding hydrogens is 395 g/mol. The molecule has 0 aliphatic carbocycles. The number of carbonyl (C=O) groups excluding carboxylic acids is 1. The zero-order chi connectivity index (χ0) is 17.8. The molecule has 7 heteroatoms. The second-order valence-corrected chi connectivity index (χ2v) is 8.23. The number of carbonyl (C=O) groups is 1. The van der Waals surface area contributed by atoms with E-state index < -0.39 is 0 Å². The van der Waals surface area contributed by atoms with Crippen LogP contribution in [0.2, 0.25) is 10.0 Å². The van der Waals surface area contributed by atoms with E-state index >= 15 is 0 Å². The topological polar surface area (TPSA) is 42.0 Å². The van der Waals surface area contributed by atoms with Gasteiger partial charge in [-0.2, -0.15) is 0 Å². The van der Waals surface area contributed by atoms with Crippen LogP contribution in [0, 0.1) is 6.92 Å². The summed E-state index contributed by atoms with van der Waals surface area (Å²) >= 11 is 14.8. The molecule has 0 saturated carbocycles. The van der Waals surface area contributed by atoms with Gasteiger partial charge in [-0.3, -0.25) is 4.79 Å². The maximum Gasteiger partial charge on any atom is 0.234 e. The van der Waals surface area contributed by atoms with Crippen molar-refractivity contribution in [3.8, 4) is 11.3 Å². The number of aromatic nitrogens is 1. The first kappa shape index (κ1) is 18.3. The monoisotopic (exact) mass is 408 g/mol. The van der Waals surface area contributed by atoms with Crippen molar-refractivity contribution in [2.75, 3.05) is 11.1 Å². The molecule has 0 fully saturated rings. The lowest BCUT2D eigenvalue weighted by atomic mass is 10.1. The Bertz CT molecular complexity index is 894. The van der Waals surface area contributed by atoms with Gasteiger partial charge in [0.1, 0.15) is 0 Å². The third kappa shape index (κ3) is 4.98. The highest BCUT2D eigenvalue weighted by Crippen LogP contribution is 2.29. The molecule has 0 aliphatic rings. The normalized spacial score (nSPS) is 10.7. The summed E-state index contributed by atoms with van der Waals surface area (Å²) in [6, 6.07) is 13.2. The van der Waals surface area contributed by atoms with Crippen LogP contribution in [0.4, 0.5) is 5.69 Å². The fraction of sp³-hybridized carbons (Fsp3) is 0.111. The zero-order valence-electron chi connectivity index (χ0n) is 13.3. The lowest BCUT2D eigenvalue weighted by Crippen LogP contribution is -2.13. The van der Waals surface area contributed by atoms with Gasteiger partial charge < -0.3 is 5.32 Å². The van der Waals surface area contributed by atoms with E-state index in [1.807, 2.05) is 5.38 Å². The van der Waals surface area contributed by atoms with Crippen LogP contribution in [0.3, 0.4) is 0 Å². The number of rotatable bonds is 5. The molecule has 0 atom stereocenters. The van der Waals surface area contributed by atoms with Gasteiger partial charge in [-0.15, -0.1) is 11.3 Å². The fourth-order valence-corrected chi connectivity index (χ4v) is 4.01. The van der Waals surface area contributed by atoms with E-state index in [1.165, 1.54) is 28.7 Å². The molecule has 128 valence electrons. The molecule has 1 N–H and O–H groups in total. The van der Waals surface area contributed by atoms with E-state index in [4.69, 9.17) is 23.2 Å². The molecule has 0 radical (unpaired) electrons. The molecule has 0 spiro atoms. The van der Waals surface area contributed by atoms with Gasteiger partial charge in [0.25, 0.3) is 0 Å². The summed E-state index contributed by atoms with van der Waals surface area (Å²) in [6.45, 7) is 2.05. The number of benzene rings is 2. The van der Waals surface area contributed by atoms with E-state index in [2.05, 4.69) is 41.5 Å². The van der Waals surface area contributed by atoms with Crippen molar-refractivity contribution < 1.29 is 4.79 Å². The molecule has 25 heavy (non-hydrogen) atoms. The Balaban J connectivity index is 1.57. The molecule has 1 aromatic heterocycles. The molecule has 3 rings (SSSR count). The Labute approximate surface area is 164 Å². The van der Waals surface area contributed by atoms with E-state index in [1.54, 1.807) is 18.2 Å². The van der Waals surface area contributed by atoms with Gasteiger partial charge in [0, 0.05) is 16.6 Å². The summed E-state index contributed by atoms with van der Waals surface area (Å²) in [5.74, 6) is 0.164. The number of hydrogen-bond acceptors (Lipinski definition) is 4. The summed E-state index contributed by atoms with van der Waals surface area (Å²) in [6.07, 6.45) is 0. The fourth-order valence-electron chi connectivity index (χ4n) is 2.08. The highest BCUT2D eigenvalue weighted by Gasteiger charge is 2.09. The van der Waals surface area contributed by atoms with E-state index in [0.717, 1.165) is 15.6 Å². The van der Waals surface area contributed by atoms with E-state index in [9.17, 15) is 4.79 Å². The quantitative estimate of drug-likeness (QED) is 0.514. The minimum Gasteiger partial charge on any atom is -0.325 e. The average molecular weight is 409 g/mol. The number of hydrogen-bond donors (Lipinski definition) is 1. The Morgan fingerprint density at radius 1 is 1.16 bits per heavy atom. The zero-order valence-corrected chi connectivity index (χ0v) is 16.4. The first-order chi connectivity index (χ1) is 12.0. The smallest absolute Gasteiger partial charge is 0.234 e. The van der Waals surface area contributed by atoms with Crippen LogP contribution in [-0.2, 0) is 4.79 Å². The van der Waals surface area contributed by atoms with Gasteiger partial charge in [0.05, 0.1) is 21.5 Å². The minimum absolute atomic E-state index is 0.115. The van der Waals surface area contributed by atoms with Crippen LogP contribution in [0.25, 0.3) is 11.3 Å². The third-order valence-corrected chi connectivity index (χ3v) is 6.12. The number of thiazole rings is 1. The number of nitrogens with zero attached hydrogens (tertiary/aromatic N) is 1. The Morgan fingerprint density at radius 2 is 1.92 bits per heavy atom.